The second-order valence-corrected chi connectivity index (χ2v) is 8.31. The Morgan fingerprint density at radius 1 is 1.27 bits per heavy atom. The van der Waals surface area contributed by atoms with E-state index in [1.807, 2.05) is 35.2 Å². The molecule has 0 radical (unpaired) electrons. The Balaban J connectivity index is 1.59. The van der Waals surface area contributed by atoms with E-state index in [0.717, 1.165) is 5.56 Å². The first-order valence-corrected chi connectivity index (χ1v) is 9.50. The summed E-state index contributed by atoms with van der Waals surface area (Å²) in [6, 6.07) is 9.88. The van der Waals surface area contributed by atoms with Gasteiger partial charge in [0, 0.05) is 13.0 Å². The standard InChI is InChI=1S/C16H21NO4S/c18-16(10-13-6-9-22(19,20)12-13)17-7-8-21-15(11-17)14-4-2-1-3-5-14/h1-5,13,15H,6-12H2/t13-,15+/m0/s1. The molecule has 6 heteroatoms. The molecule has 120 valence electrons. The molecule has 22 heavy (non-hydrogen) atoms. The summed E-state index contributed by atoms with van der Waals surface area (Å²) in [6.07, 6.45) is 0.854. The van der Waals surface area contributed by atoms with Crippen LogP contribution in [0.25, 0.3) is 0 Å². The summed E-state index contributed by atoms with van der Waals surface area (Å²) in [5.41, 5.74) is 1.07. The molecule has 2 fully saturated rings. The second kappa shape index (κ2) is 6.38. The molecule has 2 saturated heterocycles. The van der Waals surface area contributed by atoms with Gasteiger partial charge in [0.05, 0.1) is 24.7 Å². The lowest BCUT2D eigenvalue weighted by atomic mass is 10.0. The topological polar surface area (TPSA) is 63.7 Å². The summed E-state index contributed by atoms with van der Waals surface area (Å²) in [5.74, 6) is 0.410. The van der Waals surface area contributed by atoms with Gasteiger partial charge in [-0.3, -0.25) is 4.79 Å². The fourth-order valence-electron chi connectivity index (χ4n) is 3.15. The fourth-order valence-corrected chi connectivity index (χ4v) is 5.02. The zero-order chi connectivity index (χ0) is 15.6. The van der Waals surface area contributed by atoms with E-state index in [1.54, 1.807) is 0 Å². The van der Waals surface area contributed by atoms with E-state index in [0.29, 0.717) is 32.5 Å². The zero-order valence-electron chi connectivity index (χ0n) is 12.5. The van der Waals surface area contributed by atoms with Gasteiger partial charge in [-0.15, -0.1) is 0 Å². The lowest BCUT2D eigenvalue weighted by Crippen LogP contribution is -2.42. The van der Waals surface area contributed by atoms with Crippen LogP contribution in [0.2, 0.25) is 0 Å². The van der Waals surface area contributed by atoms with Crippen LogP contribution in [0.1, 0.15) is 24.5 Å². The Morgan fingerprint density at radius 3 is 2.73 bits per heavy atom. The summed E-state index contributed by atoms with van der Waals surface area (Å²) in [5, 5.41) is 0. The van der Waals surface area contributed by atoms with Gasteiger partial charge in [0.2, 0.25) is 5.91 Å². The molecule has 1 amide bonds. The van der Waals surface area contributed by atoms with Gasteiger partial charge in [0.25, 0.3) is 0 Å². The number of rotatable bonds is 3. The molecule has 2 aliphatic heterocycles. The Kier molecular flexibility index (Phi) is 4.49. The highest BCUT2D eigenvalue weighted by atomic mass is 32.2. The fraction of sp³-hybridized carbons (Fsp3) is 0.562. The number of morpholine rings is 1. The Bertz CT molecular complexity index is 629. The van der Waals surface area contributed by atoms with E-state index in [2.05, 4.69) is 0 Å². The Labute approximate surface area is 131 Å². The number of nitrogens with zero attached hydrogens (tertiary/aromatic N) is 1. The van der Waals surface area contributed by atoms with Crippen molar-refractivity contribution in [1.82, 2.24) is 4.90 Å². The van der Waals surface area contributed by atoms with Crippen LogP contribution in [0.4, 0.5) is 0 Å². The average Bonchev–Trinajstić information content (AvgIpc) is 2.87. The number of carbonyl (C=O) groups is 1. The third-order valence-electron chi connectivity index (χ3n) is 4.38. The average molecular weight is 323 g/mol. The highest BCUT2D eigenvalue weighted by Crippen LogP contribution is 2.25. The normalized spacial score (nSPS) is 27.7. The van der Waals surface area contributed by atoms with Crippen LogP contribution in [0.3, 0.4) is 0 Å². The van der Waals surface area contributed by atoms with Crippen molar-refractivity contribution in [2.75, 3.05) is 31.2 Å². The number of sulfone groups is 1. The van der Waals surface area contributed by atoms with Gasteiger partial charge in [-0.25, -0.2) is 8.42 Å². The molecule has 2 aliphatic rings. The predicted molar refractivity (Wildman–Crippen MR) is 83.1 cm³/mol. The van der Waals surface area contributed by atoms with Gasteiger partial charge >= 0.3 is 0 Å². The SMILES string of the molecule is O=C(C[C@@H]1CCS(=O)(=O)C1)N1CCO[C@@H](c2ccccc2)C1. The summed E-state index contributed by atoms with van der Waals surface area (Å²) in [6.45, 7) is 1.65. The molecule has 0 N–H and O–H groups in total. The largest absolute Gasteiger partial charge is 0.370 e. The number of ether oxygens (including phenoxy) is 1. The molecule has 1 aromatic rings. The van der Waals surface area contributed by atoms with E-state index in [-0.39, 0.29) is 29.4 Å². The van der Waals surface area contributed by atoms with Gasteiger partial charge in [0.15, 0.2) is 9.84 Å². The van der Waals surface area contributed by atoms with Crippen molar-refractivity contribution in [3.05, 3.63) is 35.9 Å². The third-order valence-corrected chi connectivity index (χ3v) is 6.22. The number of carbonyl (C=O) groups excluding carboxylic acids is 1. The molecule has 2 heterocycles. The zero-order valence-corrected chi connectivity index (χ0v) is 13.3. The van der Waals surface area contributed by atoms with Crippen molar-refractivity contribution in [2.24, 2.45) is 5.92 Å². The first kappa shape index (κ1) is 15.5. The quantitative estimate of drug-likeness (QED) is 0.844. The first-order valence-electron chi connectivity index (χ1n) is 7.68. The van der Waals surface area contributed by atoms with E-state index in [9.17, 15) is 13.2 Å². The van der Waals surface area contributed by atoms with Crippen molar-refractivity contribution in [3.63, 3.8) is 0 Å². The van der Waals surface area contributed by atoms with Crippen LogP contribution in [-0.4, -0.2) is 50.4 Å². The molecule has 2 atom stereocenters. The number of amides is 1. The summed E-state index contributed by atoms with van der Waals surface area (Å²) >= 11 is 0. The highest BCUT2D eigenvalue weighted by Gasteiger charge is 2.32. The smallest absolute Gasteiger partial charge is 0.223 e. The number of hydrogen-bond donors (Lipinski definition) is 0. The molecule has 0 aliphatic carbocycles. The Morgan fingerprint density at radius 2 is 2.05 bits per heavy atom. The van der Waals surface area contributed by atoms with E-state index in [1.165, 1.54) is 0 Å². The molecule has 0 bridgehead atoms. The van der Waals surface area contributed by atoms with Crippen LogP contribution in [-0.2, 0) is 19.4 Å². The van der Waals surface area contributed by atoms with Gasteiger partial charge in [-0.1, -0.05) is 30.3 Å². The second-order valence-electron chi connectivity index (χ2n) is 6.08. The lowest BCUT2D eigenvalue weighted by Gasteiger charge is -2.33. The first-order chi connectivity index (χ1) is 10.5. The molecule has 0 unspecified atom stereocenters. The van der Waals surface area contributed by atoms with Crippen molar-refractivity contribution in [1.29, 1.82) is 0 Å². The van der Waals surface area contributed by atoms with Crippen molar-refractivity contribution >= 4 is 15.7 Å². The van der Waals surface area contributed by atoms with Crippen LogP contribution in [0.5, 0.6) is 0 Å². The van der Waals surface area contributed by atoms with E-state index in [4.69, 9.17) is 4.74 Å². The highest BCUT2D eigenvalue weighted by molar-refractivity contribution is 7.91. The molecule has 3 rings (SSSR count). The maximum Gasteiger partial charge on any atom is 0.223 e. The minimum Gasteiger partial charge on any atom is -0.370 e. The van der Waals surface area contributed by atoms with Crippen molar-refractivity contribution in [3.8, 4) is 0 Å². The lowest BCUT2D eigenvalue weighted by molar-refractivity contribution is -0.139. The van der Waals surface area contributed by atoms with Gasteiger partial charge in [-0.05, 0) is 17.9 Å². The molecule has 5 nitrogen and oxygen atoms in total. The molecule has 0 saturated carbocycles. The molecule has 0 spiro atoms. The predicted octanol–water partition coefficient (Wildman–Crippen LogP) is 1.41. The monoisotopic (exact) mass is 323 g/mol. The van der Waals surface area contributed by atoms with Crippen LogP contribution in [0, 0.1) is 5.92 Å². The molecule has 1 aromatic carbocycles. The number of benzene rings is 1. The molecule has 0 aromatic heterocycles. The van der Waals surface area contributed by atoms with Gasteiger partial charge in [-0.2, -0.15) is 0 Å². The van der Waals surface area contributed by atoms with E-state index < -0.39 is 9.84 Å². The molecular weight excluding hydrogens is 302 g/mol. The summed E-state index contributed by atoms with van der Waals surface area (Å²) < 4.78 is 28.7. The summed E-state index contributed by atoms with van der Waals surface area (Å²) in [4.78, 5) is 14.2. The number of hydrogen-bond acceptors (Lipinski definition) is 4. The van der Waals surface area contributed by atoms with Gasteiger partial charge in [0.1, 0.15) is 6.10 Å². The third kappa shape index (κ3) is 3.67. The van der Waals surface area contributed by atoms with E-state index >= 15 is 0 Å². The Hall–Kier alpha value is -1.40. The van der Waals surface area contributed by atoms with Crippen molar-refractivity contribution in [2.45, 2.75) is 18.9 Å². The maximum atomic E-state index is 12.4. The van der Waals surface area contributed by atoms with Crippen LogP contribution < -0.4 is 0 Å². The van der Waals surface area contributed by atoms with Gasteiger partial charge < -0.3 is 9.64 Å². The maximum absolute atomic E-state index is 12.4. The van der Waals surface area contributed by atoms with Crippen LogP contribution in [0.15, 0.2) is 30.3 Å². The minimum atomic E-state index is -2.92. The molecular formula is C16H21NO4S. The summed E-state index contributed by atoms with van der Waals surface area (Å²) in [7, 11) is -2.92. The van der Waals surface area contributed by atoms with Crippen LogP contribution >= 0.6 is 0 Å². The van der Waals surface area contributed by atoms with Crippen molar-refractivity contribution < 1.29 is 17.9 Å². The minimum absolute atomic E-state index is 0.0180.